The van der Waals surface area contributed by atoms with E-state index in [0.29, 0.717) is 29.6 Å². The SMILES string of the molecule is CC(=O)OC1(OC(C)=O)CCCC2[C@H](O)C[C@H]3[C@@H]4CCC[C@@]4(C)CC[C@@H]3[C@]21C. The lowest BCUT2D eigenvalue weighted by Crippen LogP contribution is -2.68. The van der Waals surface area contributed by atoms with E-state index in [-0.39, 0.29) is 5.92 Å². The Morgan fingerprint density at radius 1 is 0.857 bits per heavy atom. The summed E-state index contributed by atoms with van der Waals surface area (Å²) in [6.07, 6.45) is 8.60. The predicted octanol–water partition coefficient (Wildman–Crippen LogP) is 4.21. The summed E-state index contributed by atoms with van der Waals surface area (Å²) in [6, 6.07) is 0. The van der Waals surface area contributed by atoms with Gasteiger partial charge in [-0.15, -0.1) is 0 Å². The standard InChI is InChI=1S/C23H36O5/c1-14(24)27-23(28-15(2)25)11-6-8-19-20(26)13-16-17-7-5-10-21(17,3)12-9-18(16)22(19,23)4/h16-20,26H,5-13H2,1-4H3/t16-,17-,18-,19?,20+,21-,22+/m0/s1. The molecule has 0 radical (unpaired) electrons. The molecule has 7 atom stereocenters. The predicted molar refractivity (Wildman–Crippen MR) is 104 cm³/mol. The largest absolute Gasteiger partial charge is 0.422 e. The molecule has 0 saturated heterocycles. The first-order chi connectivity index (χ1) is 13.1. The van der Waals surface area contributed by atoms with Gasteiger partial charge >= 0.3 is 11.9 Å². The molecule has 158 valence electrons. The van der Waals surface area contributed by atoms with E-state index in [2.05, 4.69) is 13.8 Å². The van der Waals surface area contributed by atoms with Gasteiger partial charge in [0.15, 0.2) is 0 Å². The van der Waals surface area contributed by atoms with Crippen LogP contribution in [0.2, 0.25) is 0 Å². The van der Waals surface area contributed by atoms with Crippen molar-refractivity contribution in [2.75, 3.05) is 0 Å². The van der Waals surface area contributed by atoms with Crippen molar-refractivity contribution in [1.82, 2.24) is 0 Å². The zero-order chi connectivity index (χ0) is 20.3. The summed E-state index contributed by atoms with van der Waals surface area (Å²) in [6.45, 7) is 7.35. The van der Waals surface area contributed by atoms with Crippen molar-refractivity contribution < 1.29 is 24.2 Å². The molecule has 0 aromatic heterocycles. The van der Waals surface area contributed by atoms with E-state index >= 15 is 0 Å². The lowest BCUT2D eigenvalue weighted by Gasteiger charge is -2.65. The van der Waals surface area contributed by atoms with Crippen LogP contribution in [0.4, 0.5) is 0 Å². The van der Waals surface area contributed by atoms with Gasteiger partial charge in [0.25, 0.3) is 5.79 Å². The summed E-state index contributed by atoms with van der Waals surface area (Å²) < 4.78 is 11.8. The van der Waals surface area contributed by atoms with Crippen molar-refractivity contribution >= 4 is 11.9 Å². The quantitative estimate of drug-likeness (QED) is 0.563. The highest BCUT2D eigenvalue weighted by atomic mass is 16.7. The summed E-state index contributed by atoms with van der Waals surface area (Å²) in [5.74, 6) is -0.788. The number of esters is 2. The van der Waals surface area contributed by atoms with E-state index in [9.17, 15) is 14.7 Å². The van der Waals surface area contributed by atoms with Crippen LogP contribution >= 0.6 is 0 Å². The van der Waals surface area contributed by atoms with E-state index in [1.807, 2.05) is 0 Å². The molecule has 0 aromatic carbocycles. The normalized spacial score (nSPS) is 46.7. The van der Waals surface area contributed by atoms with Crippen molar-refractivity contribution in [3.63, 3.8) is 0 Å². The molecule has 0 heterocycles. The molecule has 4 saturated carbocycles. The number of carbonyl (C=O) groups is 2. The monoisotopic (exact) mass is 392 g/mol. The minimum atomic E-state index is -1.26. The first-order valence-electron chi connectivity index (χ1n) is 11.2. The summed E-state index contributed by atoms with van der Waals surface area (Å²) in [5.41, 5.74) is -0.181. The molecular formula is C23H36O5. The van der Waals surface area contributed by atoms with E-state index in [0.717, 1.165) is 25.7 Å². The number of hydrogen-bond donors (Lipinski definition) is 1. The highest BCUT2D eigenvalue weighted by molar-refractivity contribution is 5.69. The number of hydrogen-bond acceptors (Lipinski definition) is 5. The van der Waals surface area contributed by atoms with E-state index in [1.165, 1.54) is 39.5 Å². The molecule has 0 spiro atoms. The maximum atomic E-state index is 12.1. The van der Waals surface area contributed by atoms with Crippen molar-refractivity contribution in [3.05, 3.63) is 0 Å². The molecule has 4 aliphatic rings. The third-order valence-electron chi connectivity index (χ3n) is 9.20. The topological polar surface area (TPSA) is 72.8 Å². The molecule has 0 bridgehead atoms. The lowest BCUT2D eigenvalue weighted by atomic mass is 9.43. The van der Waals surface area contributed by atoms with E-state index < -0.39 is 29.2 Å². The molecule has 0 aliphatic heterocycles. The second-order valence-electron chi connectivity index (χ2n) is 10.5. The first kappa shape index (κ1) is 20.2. The number of aliphatic hydroxyl groups excluding tert-OH is 1. The van der Waals surface area contributed by atoms with Gasteiger partial charge in [0.1, 0.15) is 0 Å². The summed E-state index contributed by atoms with van der Waals surface area (Å²) in [5, 5.41) is 11.2. The molecule has 5 heteroatoms. The molecule has 1 N–H and O–H groups in total. The Morgan fingerprint density at radius 3 is 2.11 bits per heavy atom. The Labute approximate surface area is 168 Å². The number of rotatable bonds is 2. The van der Waals surface area contributed by atoms with Crippen molar-refractivity contribution in [3.8, 4) is 0 Å². The van der Waals surface area contributed by atoms with Gasteiger partial charge in [-0.25, -0.2) is 0 Å². The van der Waals surface area contributed by atoms with E-state index in [4.69, 9.17) is 9.47 Å². The average Bonchev–Trinajstić information content (AvgIpc) is 2.98. The van der Waals surface area contributed by atoms with Crippen LogP contribution in [-0.2, 0) is 19.1 Å². The smallest absolute Gasteiger partial charge is 0.305 e. The Bertz CT molecular complexity index is 643. The molecule has 0 aromatic rings. The van der Waals surface area contributed by atoms with Crippen molar-refractivity contribution in [2.45, 2.75) is 97.4 Å². The molecule has 4 rings (SSSR count). The van der Waals surface area contributed by atoms with Gasteiger partial charge in [0.05, 0.1) is 11.5 Å². The minimum absolute atomic E-state index is 0.00745. The maximum absolute atomic E-state index is 12.1. The van der Waals surface area contributed by atoms with Crippen molar-refractivity contribution in [1.29, 1.82) is 0 Å². The molecule has 1 unspecified atom stereocenters. The van der Waals surface area contributed by atoms with Crippen LogP contribution in [-0.4, -0.2) is 28.9 Å². The van der Waals surface area contributed by atoms with Gasteiger partial charge in [-0.3, -0.25) is 9.59 Å². The fraction of sp³-hybridized carbons (Fsp3) is 0.913. The molecule has 0 amide bonds. The van der Waals surface area contributed by atoms with Gasteiger partial charge < -0.3 is 14.6 Å². The fourth-order valence-corrected chi connectivity index (χ4v) is 8.16. The highest BCUT2D eigenvalue weighted by Crippen LogP contribution is 2.69. The van der Waals surface area contributed by atoms with Gasteiger partial charge in [0, 0.05) is 20.3 Å². The Morgan fingerprint density at radius 2 is 1.46 bits per heavy atom. The number of fused-ring (bicyclic) bond motifs is 5. The number of aliphatic hydroxyl groups is 1. The third kappa shape index (κ3) is 2.75. The summed E-state index contributed by atoms with van der Waals surface area (Å²) in [7, 11) is 0. The van der Waals surface area contributed by atoms with Crippen LogP contribution in [0, 0.1) is 34.5 Å². The van der Waals surface area contributed by atoms with Crippen LogP contribution < -0.4 is 0 Å². The van der Waals surface area contributed by atoms with E-state index in [1.54, 1.807) is 0 Å². The number of ether oxygens (including phenoxy) is 2. The van der Waals surface area contributed by atoms with Crippen LogP contribution in [0.1, 0.15) is 85.5 Å². The summed E-state index contributed by atoms with van der Waals surface area (Å²) >= 11 is 0. The second-order valence-corrected chi connectivity index (χ2v) is 10.5. The van der Waals surface area contributed by atoms with Crippen LogP contribution in [0.25, 0.3) is 0 Å². The summed E-state index contributed by atoms with van der Waals surface area (Å²) in [4.78, 5) is 24.2. The maximum Gasteiger partial charge on any atom is 0.305 e. The molecule has 5 nitrogen and oxygen atoms in total. The van der Waals surface area contributed by atoms with Gasteiger partial charge in [-0.1, -0.05) is 20.3 Å². The third-order valence-corrected chi connectivity index (χ3v) is 9.20. The first-order valence-corrected chi connectivity index (χ1v) is 11.2. The highest BCUT2D eigenvalue weighted by Gasteiger charge is 2.70. The lowest BCUT2D eigenvalue weighted by molar-refractivity contribution is -0.333. The van der Waals surface area contributed by atoms with Crippen molar-refractivity contribution in [2.24, 2.45) is 34.5 Å². The second kappa shape index (κ2) is 6.72. The Balaban J connectivity index is 1.80. The minimum Gasteiger partial charge on any atom is -0.422 e. The zero-order valence-corrected chi connectivity index (χ0v) is 17.8. The van der Waals surface area contributed by atoms with Gasteiger partial charge in [-0.2, -0.15) is 0 Å². The fourth-order valence-electron chi connectivity index (χ4n) is 8.16. The van der Waals surface area contributed by atoms with Crippen LogP contribution in [0.3, 0.4) is 0 Å². The zero-order valence-electron chi connectivity index (χ0n) is 17.8. The Hall–Kier alpha value is -1.10. The van der Waals surface area contributed by atoms with Crippen LogP contribution in [0.5, 0.6) is 0 Å². The number of carbonyl (C=O) groups excluding carboxylic acids is 2. The molecule has 4 aliphatic carbocycles. The molecule has 4 fully saturated rings. The van der Waals surface area contributed by atoms with Gasteiger partial charge in [0.2, 0.25) is 0 Å². The average molecular weight is 393 g/mol. The van der Waals surface area contributed by atoms with Gasteiger partial charge in [-0.05, 0) is 74.0 Å². The Kier molecular flexibility index (Phi) is 4.84. The van der Waals surface area contributed by atoms with Crippen LogP contribution in [0.15, 0.2) is 0 Å². The molecular weight excluding hydrogens is 356 g/mol. The molecule has 28 heavy (non-hydrogen) atoms.